The number of nitrogens with one attached hydrogen (secondary N) is 2. The molecule has 122 valence electrons. The Morgan fingerprint density at radius 3 is 2.67 bits per heavy atom. The zero-order chi connectivity index (χ0) is 15.1. The number of hydrogen-bond acceptors (Lipinski definition) is 3. The van der Waals surface area contributed by atoms with Crippen LogP contribution in [0.15, 0.2) is 0 Å². The van der Waals surface area contributed by atoms with E-state index in [4.69, 9.17) is 0 Å². The predicted octanol–water partition coefficient (Wildman–Crippen LogP) is 2.00. The molecule has 2 N–H and O–H groups in total. The fourth-order valence-electron chi connectivity index (χ4n) is 3.71. The van der Waals surface area contributed by atoms with Crippen molar-refractivity contribution in [2.45, 2.75) is 58.4 Å². The van der Waals surface area contributed by atoms with Crippen LogP contribution in [0.2, 0.25) is 0 Å². The van der Waals surface area contributed by atoms with E-state index in [1.165, 1.54) is 38.5 Å². The number of likely N-dealkylation sites (tertiary alicyclic amines) is 1. The molecular weight excluding hydrogens is 262 g/mol. The molecule has 0 radical (unpaired) electrons. The van der Waals surface area contributed by atoms with Gasteiger partial charge in [-0.3, -0.25) is 9.69 Å². The topological polar surface area (TPSA) is 44.4 Å². The fourth-order valence-corrected chi connectivity index (χ4v) is 3.71. The molecule has 0 spiro atoms. The molecule has 2 aliphatic heterocycles. The molecule has 4 nitrogen and oxygen atoms in total. The van der Waals surface area contributed by atoms with E-state index in [2.05, 4.69) is 29.4 Å². The van der Waals surface area contributed by atoms with E-state index in [1.807, 2.05) is 0 Å². The summed E-state index contributed by atoms with van der Waals surface area (Å²) in [5.74, 6) is 1.52. The average Bonchev–Trinajstić information content (AvgIpc) is 2.71. The summed E-state index contributed by atoms with van der Waals surface area (Å²) in [5, 5.41) is 6.54. The molecule has 2 saturated heterocycles. The van der Waals surface area contributed by atoms with Crippen molar-refractivity contribution in [1.82, 2.24) is 15.5 Å². The number of rotatable bonds is 5. The normalized spacial score (nSPS) is 25.8. The maximum absolute atomic E-state index is 12.2. The predicted molar refractivity (Wildman–Crippen MR) is 87.3 cm³/mol. The summed E-state index contributed by atoms with van der Waals surface area (Å²) in [4.78, 5) is 14.7. The number of carbonyl (C=O) groups excluding carboxylic acids is 1. The molecule has 1 amide bonds. The molecule has 4 heteroatoms. The van der Waals surface area contributed by atoms with E-state index in [1.54, 1.807) is 0 Å². The van der Waals surface area contributed by atoms with Gasteiger partial charge in [-0.25, -0.2) is 0 Å². The molecule has 2 rings (SSSR count). The highest BCUT2D eigenvalue weighted by molar-refractivity contribution is 5.78. The van der Waals surface area contributed by atoms with Gasteiger partial charge in [-0.15, -0.1) is 0 Å². The maximum Gasteiger partial charge on any atom is 0.234 e. The second-order valence-electron chi connectivity index (χ2n) is 7.17. The highest BCUT2D eigenvalue weighted by atomic mass is 16.2. The van der Waals surface area contributed by atoms with Crippen LogP contribution >= 0.6 is 0 Å². The second-order valence-corrected chi connectivity index (χ2v) is 7.17. The van der Waals surface area contributed by atoms with Crippen molar-refractivity contribution in [3.63, 3.8) is 0 Å². The molecule has 2 aliphatic rings. The Morgan fingerprint density at radius 2 is 1.95 bits per heavy atom. The van der Waals surface area contributed by atoms with E-state index >= 15 is 0 Å². The second kappa shape index (κ2) is 8.74. The monoisotopic (exact) mass is 295 g/mol. The maximum atomic E-state index is 12.2. The lowest BCUT2D eigenvalue weighted by atomic mass is 9.87. The van der Waals surface area contributed by atoms with Gasteiger partial charge in [0.1, 0.15) is 0 Å². The van der Waals surface area contributed by atoms with Crippen LogP contribution in [-0.4, -0.2) is 49.6 Å². The van der Waals surface area contributed by atoms with Gasteiger partial charge in [0.25, 0.3) is 0 Å². The zero-order valence-electron chi connectivity index (χ0n) is 13.9. The summed E-state index contributed by atoms with van der Waals surface area (Å²) < 4.78 is 0. The van der Waals surface area contributed by atoms with Crippen LogP contribution in [0.3, 0.4) is 0 Å². The summed E-state index contributed by atoms with van der Waals surface area (Å²) in [6.45, 7) is 9.08. The Kier molecular flexibility index (Phi) is 6.97. The first-order valence-electron chi connectivity index (χ1n) is 8.88. The molecule has 0 saturated carbocycles. The number of piperidine rings is 1. The first-order chi connectivity index (χ1) is 10.2. The molecule has 1 unspecified atom stereocenters. The molecular formula is C17H33N3O. The van der Waals surface area contributed by atoms with Gasteiger partial charge in [-0.05, 0) is 57.2 Å². The summed E-state index contributed by atoms with van der Waals surface area (Å²) >= 11 is 0. The SMILES string of the molecule is CC(C)CNC(=O)CN1CCCCCC1C1CCNCC1. The fraction of sp³-hybridized carbons (Fsp3) is 0.941. The standard InChI is InChI=1S/C17H33N3O/c1-14(2)12-19-17(21)13-20-11-5-3-4-6-16(20)15-7-9-18-10-8-15/h14-16,18H,3-13H2,1-2H3,(H,19,21). The van der Waals surface area contributed by atoms with Gasteiger partial charge in [-0.1, -0.05) is 26.7 Å². The van der Waals surface area contributed by atoms with E-state index in [0.29, 0.717) is 18.5 Å². The van der Waals surface area contributed by atoms with Crippen molar-refractivity contribution in [3.8, 4) is 0 Å². The van der Waals surface area contributed by atoms with E-state index in [-0.39, 0.29) is 5.91 Å². The highest BCUT2D eigenvalue weighted by Crippen LogP contribution is 2.28. The van der Waals surface area contributed by atoms with E-state index in [9.17, 15) is 4.79 Å². The Balaban J connectivity index is 1.90. The highest BCUT2D eigenvalue weighted by Gasteiger charge is 2.30. The quantitative estimate of drug-likeness (QED) is 0.815. The Hall–Kier alpha value is -0.610. The summed E-state index contributed by atoms with van der Waals surface area (Å²) in [7, 11) is 0. The minimum atomic E-state index is 0.213. The first-order valence-corrected chi connectivity index (χ1v) is 8.88. The van der Waals surface area contributed by atoms with E-state index < -0.39 is 0 Å². The van der Waals surface area contributed by atoms with Gasteiger partial charge < -0.3 is 10.6 Å². The van der Waals surface area contributed by atoms with Crippen LogP contribution in [0.4, 0.5) is 0 Å². The number of hydrogen-bond donors (Lipinski definition) is 2. The van der Waals surface area contributed by atoms with Crippen LogP contribution in [0, 0.1) is 11.8 Å². The number of nitrogens with zero attached hydrogens (tertiary/aromatic N) is 1. The molecule has 21 heavy (non-hydrogen) atoms. The van der Waals surface area contributed by atoms with Gasteiger partial charge in [0.15, 0.2) is 0 Å². The first kappa shape index (κ1) is 16.8. The van der Waals surface area contributed by atoms with Crippen LogP contribution in [0.25, 0.3) is 0 Å². The summed E-state index contributed by atoms with van der Waals surface area (Å²) in [6.07, 6.45) is 7.73. The average molecular weight is 295 g/mol. The minimum Gasteiger partial charge on any atom is -0.355 e. The van der Waals surface area contributed by atoms with Crippen LogP contribution in [0.5, 0.6) is 0 Å². The number of carbonyl (C=O) groups is 1. The van der Waals surface area contributed by atoms with Crippen LogP contribution < -0.4 is 10.6 Å². The van der Waals surface area contributed by atoms with Gasteiger partial charge in [0.05, 0.1) is 6.54 Å². The molecule has 0 aromatic heterocycles. The molecule has 2 heterocycles. The van der Waals surface area contributed by atoms with Gasteiger partial charge in [0, 0.05) is 12.6 Å². The molecule has 0 aromatic carbocycles. The van der Waals surface area contributed by atoms with E-state index in [0.717, 1.165) is 32.1 Å². The lowest BCUT2D eigenvalue weighted by Crippen LogP contribution is -2.48. The third-order valence-electron chi connectivity index (χ3n) is 4.90. The van der Waals surface area contributed by atoms with Gasteiger partial charge in [0.2, 0.25) is 5.91 Å². The largest absolute Gasteiger partial charge is 0.355 e. The Morgan fingerprint density at radius 1 is 1.19 bits per heavy atom. The van der Waals surface area contributed by atoms with Crippen molar-refractivity contribution < 1.29 is 4.79 Å². The molecule has 0 aromatic rings. The smallest absolute Gasteiger partial charge is 0.234 e. The Labute approximate surface area is 130 Å². The minimum absolute atomic E-state index is 0.213. The molecule has 0 bridgehead atoms. The van der Waals surface area contributed by atoms with Crippen molar-refractivity contribution in [2.75, 3.05) is 32.7 Å². The van der Waals surface area contributed by atoms with Crippen molar-refractivity contribution >= 4 is 5.91 Å². The van der Waals surface area contributed by atoms with Crippen molar-refractivity contribution in [1.29, 1.82) is 0 Å². The van der Waals surface area contributed by atoms with Crippen LogP contribution in [-0.2, 0) is 4.79 Å². The Bertz CT molecular complexity index is 313. The third-order valence-corrected chi connectivity index (χ3v) is 4.90. The summed E-state index contributed by atoms with van der Waals surface area (Å²) in [6, 6.07) is 0.624. The lowest BCUT2D eigenvalue weighted by molar-refractivity contribution is -0.123. The van der Waals surface area contributed by atoms with Gasteiger partial charge in [-0.2, -0.15) is 0 Å². The molecule has 0 aliphatic carbocycles. The van der Waals surface area contributed by atoms with Crippen LogP contribution in [0.1, 0.15) is 52.4 Å². The van der Waals surface area contributed by atoms with Crippen molar-refractivity contribution in [2.24, 2.45) is 11.8 Å². The number of amides is 1. The molecule has 2 fully saturated rings. The third kappa shape index (κ3) is 5.59. The lowest BCUT2D eigenvalue weighted by Gasteiger charge is -2.37. The summed E-state index contributed by atoms with van der Waals surface area (Å²) in [5.41, 5.74) is 0. The van der Waals surface area contributed by atoms with Crippen molar-refractivity contribution in [3.05, 3.63) is 0 Å². The zero-order valence-corrected chi connectivity index (χ0v) is 13.9. The van der Waals surface area contributed by atoms with Gasteiger partial charge >= 0.3 is 0 Å². The molecule has 1 atom stereocenters.